The molecule has 0 bridgehead atoms. The van der Waals surface area contributed by atoms with Crippen LogP contribution in [0.1, 0.15) is 12.7 Å². The molecule has 1 aromatic carbocycles. The second-order valence-electron chi connectivity index (χ2n) is 5.30. The van der Waals surface area contributed by atoms with Gasteiger partial charge in [0.15, 0.2) is 6.10 Å². The van der Waals surface area contributed by atoms with E-state index in [4.69, 9.17) is 9.15 Å². The molecule has 0 saturated heterocycles. The van der Waals surface area contributed by atoms with E-state index in [1.807, 2.05) is 0 Å². The van der Waals surface area contributed by atoms with Gasteiger partial charge in [0, 0.05) is 0 Å². The van der Waals surface area contributed by atoms with Crippen LogP contribution in [0.5, 0.6) is 5.75 Å². The van der Waals surface area contributed by atoms with Crippen molar-refractivity contribution < 1.29 is 22.4 Å². The van der Waals surface area contributed by atoms with E-state index in [0.717, 1.165) is 0 Å². The zero-order chi connectivity index (χ0) is 17.2. The van der Waals surface area contributed by atoms with E-state index in [1.165, 1.54) is 10.6 Å². The molecule has 0 saturated carbocycles. The maximum atomic E-state index is 12.4. The fraction of sp³-hybridized carbons (Fsp3) is 0.312. The van der Waals surface area contributed by atoms with E-state index in [2.05, 4.69) is 5.32 Å². The van der Waals surface area contributed by atoms with Crippen molar-refractivity contribution in [1.82, 2.24) is 5.32 Å². The third-order valence-corrected chi connectivity index (χ3v) is 5.49. The Morgan fingerprint density at radius 2 is 2.08 bits per heavy atom. The molecule has 2 heterocycles. The summed E-state index contributed by atoms with van der Waals surface area (Å²) in [4.78, 5) is 12.4. The topological polar surface area (TPSA) is 88.9 Å². The average Bonchev–Trinajstić information content (AvgIpc) is 3.12. The van der Waals surface area contributed by atoms with Gasteiger partial charge in [-0.2, -0.15) is 0 Å². The first-order valence-electron chi connectivity index (χ1n) is 7.57. The fourth-order valence-corrected chi connectivity index (χ4v) is 3.58. The molecule has 0 radical (unpaired) electrons. The zero-order valence-corrected chi connectivity index (χ0v) is 14.0. The van der Waals surface area contributed by atoms with Crippen molar-refractivity contribution in [3.63, 3.8) is 0 Å². The molecule has 2 aromatic rings. The molecular weight excluding hydrogens is 332 g/mol. The van der Waals surface area contributed by atoms with Gasteiger partial charge in [0.1, 0.15) is 11.5 Å². The molecule has 1 N–H and O–H groups in total. The minimum atomic E-state index is -3.50. The maximum Gasteiger partial charge on any atom is 0.263 e. The Morgan fingerprint density at radius 3 is 2.79 bits per heavy atom. The molecule has 3 rings (SSSR count). The minimum Gasteiger partial charge on any atom is -0.476 e. The molecule has 8 heteroatoms. The highest BCUT2D eigenvalue weighted by atomic mass is 32.2. The molecule has 7 nitrogen and oxygen atoms in total. The number of carbonyl (C=O) groups excluding carboxylic acids is 1. The molecule has 0 aliphatic carbocycles. The number of amides is 1. The number of benzene rings is 1. The number of carbonyl (C=O) groups is 1. The maximum absolute atomic E-state index is 12.4. The molecule has 1 amide bonds. The average molecular weight is 350 g/mol. The van der Waals surface area contributed by atoms with Gasteiger partial charge < -0.3 is 14.5 Å². The van der Waals surface area contributed by atoms with Gasteiger partial charge in [0.25, 0.3) is 5.91 Å². The molecule has 1 aromatic heterocycles. The molecule has 0 spiro atoms. The lowest BCUT2D eigenvalue weighted by atomic mass is 10.2. The minimum absolute atomic E-state index is 0.0535. The number of hydrogen-bond donors (Lipinski definition) is 1. The molecule has 1 atom stereocenters. The molecule has 1 aliphatic rings. The Kier molecular flexibility index (Phi) is 4.48. The first kappa shape index (κ1) is 16.4. The quantitative estimate of drug-likeness (QED) is 0.883. The van der Waals surface area contributed by atoms with Crippen LogP contribution in [0.25, 0.3) is 0 Å². The first-order chi connectivity index (χ1) is 11.5. The molecule has 0 fully saturated rings. The highest BCUT2D eigenvalue weighted by Crippen LogP contribution is 2.35. The Hall–Kier alpha value is -2.48. The number of anilines is 1. The number of nitrogens with one attached hydrogen (secondary N) is 1. The summed E-state index contributed by atoms with van der Waals surface area (Å²) in [6.45, 7) is 1.73. The Balaban J connectivity index is 1.80. The van der Waals surface area contributed by atoms with Crippen molar-refractivity contribution >= 4 is 21.6 Å². The summed E-state index contributed by atoms with van der Waals surface area (Å²) >= 11 is 0. The number of ether oxygens (including phenoxy) is 1. The molecule has 24 heavy (non-hydrogen) atoms. The summed E-state index contributed by atoms with van der Waals surface area (Å²) < 4.78 is 36.8. The monoisotopic (exact) mass is 350 g/mol. The summed E-state index contributed by atoms with van der Waals surface area (Å²) in [5, 5.41) is 2.70. The Morgan fingerprint density at radius 1 is 1.29 bits per heavy atom. The summed E-state index contributed by atoms with van der Waals surface area (Å²) in [6, 6.07) is 10.3. The van der Waals surface area contributed by atoms with Gasteiger partial charge in [-0.05, 0) is 31.2 Å². The number of nitrogens with zero attached hydrogens (tertiary/aromatic N) is 1. The van der Waals surface area contributed by atoms with Crippen LogP contribution in [-0.2, 0) is 21.4 Å². The second kappa shape index (κ2) is 6.56. The lowest BCUT2D eigenvalue weighted by Crippen LogP contribution is -2.50. The third-order valence-electron chi connectivity index (χ3n) is 3.74. The van der Waals surface area contributed by atoms with E-state index in [0.29, 0.717) is 17.2 Å². The SMILES string of the molecule is CCS(=O)(=O)N1C[C@H](C(=O)NCc2ccco2)Oc2ccccc21. The van der Waals surface area contributed by atoms with Crippen LogP contribution in [0.3, 0.4) is 0 Å². The van der Waals surface area contributed by atoms with Gasteiger partial charge in [-0.15, -0.1) is 0 Å². The highest BCUT2D eigenvalue weighted by molar-refractivity contribution is 7.92. The van der Waals surface area contributed by atoms with Crippen LogP contribution < -0.4 is 14.4 Å². The molecule has 128 valence electrons. The standard InChI is InChI=1S/C16H18N2O5S/c1-2-24(20,21)18-11-15(23-14-8-4-3-7-13(14)18)16(19)17-10-12-6-5-9-22-12/h3-9,15H,2,10-11H2,1H3,(H,17,19)/t15-/m1/s1. The number of fused-ring (bicyclic) bond motifs is 1. The van der Waals surface area contributed by atoms with E-state index in [1.54, 1.807) is 43.3 Å². The predicted molar refractivity (Wildman–Crippen MR) is 88.2 cm³/mol. The van der Waals surface area contributed by atoms with Crippen molar-refractivity contribution in [2.75, 3.05) is 16.6 Å². The fourth-order valence-electron chi connectivity index (χ4n) is 2.46. The van der Waals surface area contributed by atoms with Gasteiger partial charge >= 0.3 is 0 Å². The van der Waals surface area contributed by atoms with Crippen LogP contribution in [0.15, 0.2) is 47.1 Å². The van der Waals surface area contributed by atoms with Crippen LogP contribution in [0.2, 0.25) is 0 Å². The van der Waals surface area contributed by atoms with Crippen LogP contribution in [0.4, 0.5) is 5.69 Å². The number of furan rings is 1. The van der Waals surface area contributed by atoms with E-state index < -0.39 is 22.0 Å². The smallest absolute Gasteiger partial charge is 0.263 e. The summed E-state index contributed by atoms with van der Waals surface area (Å²) in [7, 11) is -3.50. The second-order valence-corrected chi connectivity index (χ2v) is 7.49. The van der Waals surface area contributed by atoms with Crippen molar-refractivity contribution in [1.29, 1.82) is 0 Å². The Bertz CT molecular complexity index is 817. The molecular formula is C16H18N2O5S. The van der Waals surface area contributed by atoms with E-state index in [9.17, 15) is 13.2 Å². The first-order valence-corrected chi connectivity index (χ1v) is 9.18. The van der Waals surface area contributed by atoms with E-state index >= 15 is 0 Å². The van der Waals surface area contributed by atoms with Gasteiger partial charge in [-0.25, -0.2) is 8.42 Å². The zero-order valence-electron chi connectivity index (χ0n) is 13.1. The number of sulfonamides is 1. The van der Waals surface area contributed by atoms with Crippen molar-refractivity contribution in [2.45, 2.75) is 19.6 Å². The number of hydrogen-bond acceptors (Lipinski definition) is 5. The lowest BCUT2D eigenvalue weighted by molar-refractivity contribution is -0.128. The van der Waals surface area contributed by atoms with E-state index in [-0.39, 0.29) is 18.8 Å². The van der Waals surface area contributed by atoms with Crippen LogP contribution >= 0.6 is 0 Å². The van der Waals surface area contributed by atoms with Crippen molar-refractivity contribution in [3.8, 4) is 5.75 Å². The largest absolute Gasteiger partial charge is 0.476 e. The lowest BCUT2D eigenvalue weighted by Gasteiger charge is -2.34. The predicted octanol–water partition coefficient (Wildman–Crippen LogP) is 1.51. The summed E-state index contributed by atoms with van der Waals surface area (Å²) in [5.74, 6) is 0.538. The number of rotatable bonds is 5. The van der Waals surface area contributed by atoms with Crippen molar-refractivity contribution in [3.05, 3.63) is 48.4 Å². The Labute approximate surface area is 140 Å². The van der Waals surface area contributed by atoms with Crippen LogP contribution in [0, 0.1) is 0 Å². The number of para-hydroxylation sites is 2. The van der Waals surface area contributed by atoms with Crippen molar-refractivity contribution in [2.24, 2.45) is 0 Å². The van der Waals surface area contributed by atoms with Gasteiger partial charge in [-0.1, -0.05) is 12.1 Å². The van der Waals surface area contributed by atoms with Gasteiger partial charge in [-0.3, -0.25) is 9.10 Å². The highest BCUT2D eigenvalue weighted by Gasteiger charge is 2.35. The third kappa shape index (κ3) is 3.23. The van der Waals surface area contributed by atoms with Crippen LogP contribution in [-0.4, -0.2) is 32.7 Å². The normalized spacial score (nSPS) is 17.0. The summed E-state index contributed by atoms with van der Waals surface area (Å²) in [6.07, 6.45) is 0.598. The molecule has 0 unspecified atom stereocenters. The molecule has 1 aliphatic heterocycles. The summed E-state index contributed by atoms with van der Waals surface area (Å²) in [5.41, 5.74) is 0.453. The van der Waals surface area contributed by atoms with Gasteiger partial charge in [0.05, 0.1) is 30.8 Å². The van der Waals surface area contributed by atoms with Gasteiger partial charge in [0.2, 0.25) is 10.0 Å².